The summed E-state index contributed by atoms with van der Waals surface area (Å²) >= 11 is 0. The summed E-state index contributed by atoms with van der Waals surface area (Å²) in [5.41, 5.74) is 1.75. The second-order valence-corrected chi connectivity index (χ2v) is 7.66. The van der Waals surface area contributed by atoms with Crippen LogP contribution < -0.4 is 10.0 Å². The standard InChI is InChI=1S/C19H26N2O2S/c1-3-4-11-18(15-20-17-12-6-5-7-13-17)21-24(22,23)19-14-9-8-10-16(19)2/h5-10,12-14,18,20-21H,3-4,11,15H2,1-2H3. The third-order valence-corrected chi connectivity index (χ3v) is 5.62. The number of aryl methyl sites for hydroxylation is 1. The molecular formula is C19H26N2O2S. The van der Waals surface area contributed by atoms with Crippen LogP contribution >= 0.6 is 0 Å². The Balaban J connectivity index is 2.08. The predicted octanol–water partition coefficient (Wildman–Crippen LogP) is 3.94. The number of rotatable bonds is 9. The number of hydrogen-bond acceptors (Lipinski definition) is 3. The van der Waals surface area contributed by atoms with E-state index in [0.29, 0.717) is 11.4 Å². The smallest absolute Gasteiger partial charge is 0.241 e. The second kappa shape index (κ2) is 8.85. The molecule has 0 aliphatic heterocycles. The highest BCUT2D eigenvalue weighted by Gasteiger charge is 2.21. The molecule has 2 aromatic carbocycles. The molecule has 0 radical (unpaired) electrons. The van der Waals surface area contributed by atoms with Gasteiger partial charge in [-0.25, -0.2) is 13.1 Å². The first kappa shape index (κ1) is 18.5. The minimum absolute atomic E-state index is 0.144. The first-order chi connectivity index (χ1) is 11.5. The van der Waals surface area contributed by atoms with Crippen molar-refractivity contribution in [3.8, 4) is 0 Å². The maximum absolute atomic E-state index is 12.7. The molecule has 0 spiro atoms. The molecule has 0 aliphatic carbocycles. The van der Waals surface area contributed by atoms with Crippen molar-refractivity contribution in [2.45, 2.75) is 44.0 Å². The van der Waals surface area contributed by atoms with Gasteiger partial charge in [0.25, 0.3) is 0 Å². The molecule has 0 bridgehead atoms. The van der Waals surface area contributed by atoms with Gasteiger partial charge in [-0.15, -0.1) is 0 Å². The minimum Gasteiger partial charge on any atom is -0.383 e. The summed E-state index contributed by atoms with van der Waals surface area (Å²) in [5, 5.41) is 3.32. The average Bonchev–Trinajstić information content (AvgIpc) is 2.58. The number of anilines is 1. The van der Waals surface area contributed by atoms with Crippen LogP contribution in [0.15, 0.2) is 59.5 Å². The molecule has 1 atom stereocenters. The highest BCUT2D eigenvalue weighted by Crippen LogP contribution is 2.16. The zero-order chi connectivity index (χ0) is 17.4. The van der Waals surface area contributed by atoms with Crippen LogP contribution in [0.2, 0.25) is 0 Å². The van der Waals surface area contributed by atoms with Crippen LogP contribution in [0.25, 0.3) is 0 Å². The van der Waals surface area contributed by atoms with Crippen molar-refractivity contribution in [3.63, 3.8) is 0 Å². The molecular weight excluding hydrogens is 320 g/mol. The van der Waals surface area contributed by atoms with Crippen LogP contribution in [-0.4, -0.2) is 21.0 Å². The summed E-state index contributed by atoms with van der Waals surface area (Å²) in [7, 11) is -3.51. The Morgan fingerprint density at radius 1 is 1.00 bits per heavy atom. The fourth-order valence-electron chi connectivity index (χ4n) is 2.59. The molecule has 0 saturated carbocycles. The molecule has 0 saturated heterocycles. The molecule has 5 heteroatoms. The van der Waals surface area contributed by atoms with Crippen LogP contribution in [0.4, 0.5) is 5.69 Å². The topological polar surface area (TPSA) is 58.2 Å². The van der Waals surface area contributed by atoms with Crippen molar-refractivity contribution in [2.75, 3.05) is 11.9 Å². The van der Waals surface area contributed by atoms with E-state index in [9.17, 15) is 8.42 Å². The third-order valence-electron chi connectivity index (χ3n) is 3.94. The lowest BCUT2D eigenvalue weighted by Gasteiger charge is -2.20. The average molecular weight is 346 g/mol. The van der Waals surface area contributed by atoms with Gasteiger partial charge in [-0.2, -0.15) is 0 Å². The van der Waals surface area contributed by atoms with E-state index in [2.05, 4.69) is 17.0 Å². The Morgan fingerprint density at radius 3 is 2.33 bits per heavy atom. The van der Waals surface area contributed by atoms with E-state index < -0.39 is 10.0 Å². The zero-order valence-electron chi connectivity index (χ0n) is 14.3. The van der Waals surface area contributed by atoms with E-state index in [0.717, 1.165) is 30.5 Å². The predicted molar refractivity (Wildman–Crippen MR) is 99.7 cm³/mol. The Morgan fingerprint density at radius 2 is 1.67 bits per heavy atom. The van der Waals surface area contributed by atoms with Crippen molar-refractivity contribution in [2.24, 2.45) is 0 Å². The second-order valence-electron chi connectivity index (χ2n) is 5.97. The lowest BCUT2D eigenvalue weighted by Crippen LogP contribution is -2.39. The van der Waals surface area contributed by atoms with Crippen molar-refractivity contribution < 1.29 is 8.42 Å². The summed E-state index contributed by atoms with van der Waals surface area (Å²) in [5.74, 6) is 0. The van der Waals surface area contributed by atoms with Gasteiger partial charge in [-0.3, -0.25) is 0 Å². The molecule has 2 rings (SSSR count). The summed E-state index contributed by atoms with van der Waals surface area (Å²) in [6.07, 6.45) is 2.83. The lowest BCUT2D eigenvalue weighted by atomic mass is 10.1. The van der Waals surface area contributed by atoms with E-state index in [1.165, 1.54) is 0 Å². The van der Waals surface area contributed by atoms with Crippen molar-refractivity contribution in [1.82, 2.24) is 4.72 Å². The van der Waals surface area contributed by atoms with Gasteiger partial charge in [0.05, 0.1) is 4.90 Å². The Hall–Kier alpha value is -1.85. The van der Waals surface area contributed by atoms with Crippen LogP contribution in [-0.2, 0) is 10.0 Å². The number of unbranched alkanes of at least 4 members (excludes halogenated alkanes) is 1. The van der Waals surface area contributed by atoms with E-state index in [4.69, 9.17) is 0 Å². The van der Waals surface area contributed by atoms with Crippen molar-refractivity contribution in [3.05, 3.63) is 60.2 Å². The van der Waals surface area contributed by atoms with Gasteiger partial charge in [0.1, 0.15) is 0 Å². The summed E-state index contributed by atoms with van der Waals surface area (Å²) in [4.78, 5) is 0.353. The molecule has 1 unspecified atom stereocenters. The molecule has 130 valence electrons. The zero-order valence-corrected chi connectivity index (χ0v) is 15.1. The largest absolute Gasteiger partial charge is 0.383 e. The minimum atomic E-state index is -3.51. The van der Waals surface area contributed by atoms with E-state index in [1.54, 1.807) is 12.1 Å². The van der Waals surface area contributed by atoms with Crippen LogP contribution in [0.5, 0.6) is 0 Å². The third kappa shape index (κ3) is 5.35. The fourth-order valence-corrected chi connectivity index (χ4v) is 4.11. The van der Waals surface area contributed by atoms with Crippen molar-refractivity contribution >= 4 is 15.7 Å². The maximum atomic E-state index is 12.7. The molecule has 4 nitrogen and oxygen atoms in total. The number of sulfonamides is 1. The van der Waals surface area contributed by atoms with Gasteiger partial charge < -0.3 is 5.32 Å². The highest BCUT2D eigenvalue weighted by molar-refractivity contribution is 7.89. The highest BCUT2D eigenvalue weighted by atomic mass is 32.2. The molecule has 2 aromatic rings. The number of hydrogen-bond donors (Lipinski definition) is 2. The quantitative estimate of drug-likeness (QED) is 0.723. The van der Waals surface area contributed by atoms with Gasteiger partial charge >= 0.3 is 0 Å². The number of nitrogens with one attached hydrogen (secondary N) is 2. The summed E-state index contributed by atoms with van der Waals surface area (Å²) < 4.78 is 28.3. The van der Waals surface area contributed by atoms with Crippen LogP contribution in [0, 0.1) is 6.92 Å². The van der Waals surface area contributed by atoms with E-state index in [1.807, 2.05) is 49.4 Å². The van der Waals surface area contributed by atoms with Gasteiger partial charge in [0.2, 0.25) is 10.0 Å². The maximum Gasteiger partial charge on any atom is 0.241 e. The monoisotopic (exact) mass is 346 g/mol. The van der Waals surface area contributed by atoms with Gasteiger partial charge in [0.15, 0.2) is 0 Å². The molecule has 0 amide bonds. The Bertz CT molecular complexity index is 730. The molecule has 24 heavy (non-hydrogen) atoms. The molecule has 0 heterocycles. The van der Waals surface area contributed by atoms with Crippen LogP contribution in [0.1, 0.15) is 31.7 Å². The summed E-state index contributed by atoms with van der Waals surface area (Å²) in [6, 6.07) is 16.8. The number of benzene rings is 2. The molecule has 2 N–H and O–H groups in total. The fraction of sp³-hybridized carbons (Fsp3) is 0.368. The normalized spacial score (nSPS) is 12.8. The lowest BCUT2D eigenvalue weighted by molar-refractivity contribution is 0.523. The Kier molecular flexibility index (Phi) is 6.82. The van der Waals surface area contributed by atoms with Gasteiger partial charge in [0, 0.05) is 18.3 Å². The first-order valence-electron chi connectivity index (χ1n) is 8.40. The number of para-hydroxylation sites is 1. The summed E-state index contributed by atoms with van der Waals surface area (Å²) in [6.45, 7) is 4.49. The molecule has 0 aliphatic rings. The molecule has 0 fully saturated rings. The van der Waals surface area contributed by atoms with Crippen molar-refractivity contribution in [1.29, 1.82) is 0 Å². The van der Waals surface area contributed by atoms with E-state index >= 15 is 0 Å². The SMILES string of the molecule is CCCCC(CNc1ccccc1)NS(=O)(=O)c1ccccc1C. The molecule has 0 aromatic heterocycles. The first-order valence-corrected chi connectivity index (χ1v) is 9.88. The van der Waals surface area contributed by atoms with Gasteiger partial charge in [-0.05, 0) is 37.1 Å². The van der Waals surface area contributed by atoms with Gasteiger partial charge in [-0.1, -0.05) is 56.2 Å². The van der Waals surface area contributed by atoms with E-state index in [-0.39, 0.29) is 6.04 Å². The van der Waals surface area contributed by atoms with Crippen LogP contribution in [0.3, 0.4) is 0 Å². The Labute approximate surface area is 145 Å².